The van der Waals surface area contributed by atoms with Gasteiger partial charge >= 0.3 is 0 Å². The summed E-state index contributed by atoms with van der Waals surface area (Å²) in [6, 6.07) is 5.82. The minimum Gasteiger partial charge on any atom is -0.489 e. The van der Waals surface area contributed by atoms with E-state index in [4.69, 9.17) is 19.9 Å². The lowest BCUT2D eigenvalue weighted by molar-refractivity contribution is 0.132. The molecule has 1 heterocycles. The molecule has 0 bridgehead atoms. The van der Waals surface area contributed by atoms with E-state index in [-0.39, 0.29) is 12.1 Å². The predicted molar refractivity (Wildman–Crippen MR) is 63.4 cm³/mol. The number of hydrogen-bond donors (Lipinski definition) is 1. The van der Waals surface area contributed by atoms with Gasteiger partial charge in [0.1, 0.15) is 11.9 Å². The fourth-order valence-corrected chi connectivity index (χ4v) is 2.40. The molecule has 0 spiro atoms. The van der Waals surface area contributed by atoms with Crippen LogP contribution in [-0.4, -0.2) is 18.9 Å². The molecule has 1 fully saturated rings. The Bertz CT molecular complexity index is 408. The summed E-state index contributed by atoms with van der Waals surface area (Å²) >= 11 is 0. The summed E-state index contributed by atoms with van der Waals surface area (Å²) in [6.07, 6.45) is 4.62. The van der Waals surface area contributed by atoms with Crippen molar-refractivity contribution in [3.05, 3.63) is 18.2 Å². The highest BCUT2D eigenvalue weighted by Gasteiger charge is 2.24. The van der Waals surface area contributed by atoms with Crippen LogP contribution in [0.4, 0.5) is 0 Å². The van der Waals surface area contributed by atoms with E-state index in [1.165, 1.54) is 12.8 Å². The Morgan fingerprint density at radius 3 is 2.82 bits per heavy atom. The first-order chi connectivity index (χ1) is 8.33. The molecular weight excluding hydrogens is 218 g/mol. The minimum absolute atomic E-state index is 0.129. The Hall–Kier alpha value is -1.42. The molecule has 2 aliphatic rings. The number of fused-ring (bicyclic) bond motifs is 1. The highest BCUT2D eigenvalue weighted by molar-refractivity contribution is 5.46. The molecule has 2 atom stereocenters. The van der Waals surface area contributed by atoms with Gasteiger partial charge in [-0.3, -0.25) is 0 Å². The molecule has 92 valence electrons. The summed E-state index contributed by atoms with van der Waals surface area (Å²) in [5.74, 6) is 2.36. The number of benzene rings is 1. The summed E-state index contributed by atoms with van der Waals surface area (Å²) in [7, 11) is 0. The third kappa shape index (κ3) is 2.17. The number of hydrogen-bond acceptors (Lipinski definition) is 4. The molecule has 0 saturated heterocycles. The quantitative estimate of drug-likeness (QED) is 0.852. The average Bonchev–Trinajstić information content (AvgIpc) is 2.79. The Balaban J connectivity index is 1.72. The summed E-state index contributed by atoms with van der Waals surface area (Å²) in [5, 5.41) is 0. The van der Waals surface area contributed by atoms with Crippen molar-refractivity contribution in [2.75, 3.05) is 6.79 Å². The first-order valence-corrected chi connectivity index (χ1v) is 6.15. The van der Waals surface area contributed by atoms with E-state index in [9.17, 15) is 0 Å². The number of rotatable bonds is 2. The van der Waals surface area contributed by atoms with Gasteiger partial charge in [-0.15, -0.1) is 0 Å². The lowest BCUT2D eigenvalue weighted by Gasteiger charge is -2.29. The zero-order valence-corrected chi connectivity index (χ0v) is 9.72. The summed E-state index contributed by atoms with van der Waals surface area (Å²) in [6.45, 7) is 0.293. The lowest BCUT2D eigenvalue weighted by Crippen LogP contribution is -2.41. The molecule has 0 aromatic heterocycles. The molecule has 0 amide bonds. The van der Waals surface area contributed by atoms with Crippen molar-refractivity contribution in [3.63, 3.8) is 0 Å². The van der Waals surface area contributed by atoms with Crippen LogP contribution in [0.2, 0.25) is 0 Å². The van der Waals surface area contributed by atoms with Crippen LogP contribution in [0.1, 0.15) is 25.7 Å². The zero-order chi connectivity index (χ0) is 11.7. The fraction of sp³-hybridized carbons (Fsp3) is 0.538. The van der Waals surface area contributed by atoms with Gasteiger partial charge in [0.25, 0.3) is 0 Å². The van der Waals surface area contributed by atoms with Crippen LogP contribution < -0.4 is 19.9 Å². The third-order valence-corrected chi connectivity index (χ3v) is 3.39. The Morgan fingerprint density at radius 2 is 1.94 bits per heavy atom. The predicted octanol–water partition coefficient (Wildman–Crippen LogP) is 2.06. The standard InChI is InChI=1S/C13H17NO3/c14-10-3-1-2-4-11(10)17-9-5-6-12-13(7-9)16-8-15-12/h5-7,10-11H,1-4,8,14H2. The van der Waals surface area contributed by atoms with Gasteiger partial charge in [0.2, 0.25) is 6.79 Å². The van der Waals surface area contributed by atoms with Gasteiger partial charge in [0, 0.05) is 12.1 Å². The van der Waals surface area contributed by atoms with Crippen molar-refractivity contribution >= 4 is 0 Å². The van der Waals surface area contributed by atoms with Crippen molar-refractivity contribution in [2.45, 2.75) is 37.8 Å². The van der Waals surface area contributed by atoms with Crippen LogP contribution >= 0.6 is 0 Å². The van der Waals surface area contributed by atoms with E-state index in [0.717, 1.165) is 30.1 Å². The van der Waals surface area contributed by atoms with Gasteiger partial charge in [0.05, 0.1) is 0 Å². The van der Waals surface area contributed by atoms with Crippen LogP contribution in [0.3, 0.4) is 0 Å². The lowest BCUT2D eigenvalue weighted by atomic mass is 9.93. The molecule has 4 nitrogen and oxygen atoms in total. The summed E-state index contributed by atoms with van der Waals surface area (Å²) in [4.78, 5) is 0. The molecule has 0 radical (unpaired) electrons. The second kappa shape index (κ2) is 4.45. The first-order valence-electron chi connectivity index (χ1n) is 6.15. The van der Waals surface area contributed by atoms with Gasteiger partial charge in [-0.1, -0.05) is 6.42 Å². The van der Waals surface area contributed by atoms with Gasteiger partial charge in [-0.25, -0.2) is 0 Å². The molecule has 4 heteroatoms. The highest BCUT2D eigenvalue weighted by Crippen LogP contribution is 2.36. The number of ether oxygens (including phenoxy) is 3. The molecule has 1 saturated carbocycles. The van der Waals surface area contributed by atoms with E-state index >= 15 is 0 Å². The second-order valence-corrected chi connectivity index (χ2v) is 4.62. The van der Waals surface area contributed by atoms with E-state index in [0.29, 0.717) is 6.79 Å². The van der Waals surface area contributed by atoms with Gasteiger partial charge < -0.3 is 19.9 Å². The maximum absolute atomic E-state index is 6.06. The van der Waals surface area contributed by atoms with Crippen LogP contribution in [-0.2, 0) is 0 Å². The average molecular weight is 235 g/mol. The third-order valence-electron chi connectivity index (χ3n) is 3.39. The van der Waals surface area contributed by atoms with Crippen LogP contribution in [0.5, 0.6) is 17.2 Å². The Labute approximate surface area is 101 Å². The normalized spacial score (nSPS) is 26.9. The van der Waals surface area contributed by atoms with Crippen molar-refractivity contribution in [1.29, 1.82) is 0 Å². The van der Waals surface area contributed by atoms with Crippen molar-refractivity contribution in [3.8, 4) is 17.2 Å². The molecule has 1 aliphatic heterocycles. The van der Waals surface area contributed by atoms with Gasteiger partial charge in [-0.2, -0.15) is 0 Å². The molecule has 2 unspecified atom stereocenters. The molecule has 2 N–H and O–H groups in total. The topological polar surface area (TPSA) is 53.7 Å². The molecule has 17 heavy (non-hydrogen) atoms. The molecular formula is C13H17NO3. The van der Waals surface area contributed by atoms with Gasteiger partial charge in [0.15, 0.2) is 11.5 Å². The van der Waals surface area contributed by atoms with E-state index < -0.39 is 0 Å². The number of nitrogens with two attached hydrogens (primary N) is 1. The molecule has 1 aromatic carbocycles. The van der Waals surface area contributed by atoms with Crippen molar-refractivity contribution in [2.24, 2.45) is 5.73 Å². The molecule has 1 aliphatic carbocycles. The zero-order valence-electron chi connectivity index (χ0n) is 9.72. The minimum atomic E-state index is 0.129. The molecule has 3 rings (SSSR count). The van der Waals surface area contributed by atoms with Crippen LogP contribution in [0.15, 0.2) is 18.2 Å². The van der Waals surface area contributed by atoms with Gasteiger partial charge in [-0.05, 0) is 31.4 Å². The summed E-state index contributed by atoms with van der Waals surface area (Å²) in [5.41, 5.74) is 6.06. The Morgan fingerprint density at radius 1 is 1.12 bits per heavy atom. The van der Waals surface area contributed by atoms with E-state index in [2.05, 4.69) is 0 Å². The van der Waals surface area contributed by atoms with Crippen LogP contribution in [0.25, 0.3) is 0 Å². The fourth-order valence-electron chi connectivity index (χ4n) is 2.40. The maximum atomic E-state index is 6.06. The highest BCUT2D eigenvalue weighted by atomic mass is 16.7. The van der Waals surface area contributed by atoms with E-state index in [1.807, 2.05) is 18.2 Å². The van der Waals surface area contributed by atoms with Crippen molar-refractivity contribution < 1.29 is 14.2 Å². The first kappa shape index (κ1) is 10.7. The largest absolute Gasteiger partial charge is 0.489 e. The smallest absolute Gasteiger partial charge is 0.231 e. The molecule has 1 aromatic rings. The maximum Gasteiger partial charge on any atom is 0.231 e. The van der Waals surface area contributed by atoms with Crippen LogP contribution in [0, 0.1) is 0 Å². The summed E-state index contributed by atoms with van der Waals surface area (Å²) < 4.78 is 16.5. The van der Waals surface area contributed by atoms with E-state index in [1.54, 1.807) is 0 Å². The monoisotopic (exact) mass is 235 g/mol. The second-order valence-electron chi connectivity index (χ2n) is 4.62. The van der Waals surface area contributed by atoms with Crippen molar-refractivity contribution in [1.82, 2.24) is 0 Å². The SMILES string of the molecule is NC1CCCCC1Oc1ccc2c(c1)OCO2. The Kier molecular flexibility index (Phi) is 2.81.